The normalized spacial score (nSPS) is 33.7. The largest absolute Gasteiger partial charge is 0.334 e. The van der Waals surface area contributed by atoms with Crippen LogP contribution in [0.1, 0.15) is 50.5 Å². The Labute approximate surface area is 112 Å². The van der Waals surface area contributed by atoms with E-state index >= 15 is 0 Å². The van der Waals surface area contributed by atoms with Crippen molar-refractivity contribution in [1.82, 2.24) is 13.6 Å². The van der Waals surface area contributed by atoms with Gasteiger partial charge in [0.05, 0.1) is 17.9 Å². The lowest BCUT2D eigenvalue weighted by Gasteiger charge is -2.39. The lowest BCUT2D eigenvalue weighted by molar-refractivity contribution is 0.0703. The van der Waals surface area contributed by atoms with E-state index in [1.54, 1.807) is 6.20 Å². The van der Waals surface area contributed by atoms with Crippen LogP contribution >= 0.6 is 11.7 Å². The Morgan fingerprint density at radius 2 is 2.22 bits per heavy atom. The van der Waals surface area contributed by atoms with Crippen molar-refractivity contribution in [2.45, 2.75) is 46.1 Å². The molecule has 5 heteroatoms. The standard InChI is InChI=1S/C13H19N3OS/c1-12(2)4-9-5-13(3,7-12)8-16(9)11(17)10-6-14-18-15-10/h6,9H,4-5,7-8H2,1-3H3. The third kappa shape index (κ3) is 1.94. The summed E-state index contributed by atoms with van der Waals surface area (Å²) in [6.45, 7) is 7.82. The summed E-state index contributed by atoms with van der Waals surface area (Å²) >= 11 is 1.10. The molecule has 2 unspecified atom stereocenters. The minimum atomic E-state index is 0.0650. The lowest BCUT2D eigenvalue weighted by atomic mass is 9.65. The molecule has 1 aromatic rings. The van der Waals surface area contributed by atoms with Crippen molar-refractivity contribution in [2.24, 2.45) is 10.8 Å². The van der Waals surface area contributed by atoms with E-state index in [1.807, 2.05) is 4.90 Å². The molecule has 2 atom stereocenters. The van der Waals surface area contributed by atoms with Gasteiger partial charge in [-0.3, -0.25) is 4.79 Å². The molecule has 1 amide bonds. The number of nitrogens with zero attached hydrogens (tertiary/aromatic N) is 3. The summed E-state index contributed by atoms with van der Waals surface area (Å²) in [7, 11) is 0. The topological polar surface area (TPSA) is 46.1 Å². The molecule has 0 spiro atoms. The molecule has 2 heterocycles. The van der Waals surface area contributed by atoms with Crippen molar-refractivity contribution in [3.63, 3.8) is 0 Å². The predicted octanol–water partition coefficient (Wildman–Crippen LogP) is 2.58. The Balaban J connectivity index is 1.86. The molecule has 2 bridgehead atoms. The van der Waals surface area contributed by atoms with Gasteiger partial charge in [0.15, 0.2) is 5.69 Å². The average molecular weight is 265 g/mol. The highest BCUT2D eigenvalue weighted by Crippen LogP contribution is 2.52. The molecule has 2 aliphatic rings. The summed E-state index contributed by atoms with van der Waals surface area (Å²) < 4.78 is 8.00. The molecule has 1 saturated carbocycles. The van der Waals surface area contributed by atoms with Gasteiger partial charge in [0, 0.05) is 12.6 Å². The maximum Gasteiger partial charge on any atom is 0.275 e. The third-order valence-corrected chi connectivity index (χ3v) is 4.73. The van der Waals surface area contributed by atoms with Gasteiger partial charge in [-0.15, -0.1) is 0 Å². The van der Waals surface area contributed by atoms with E-state index in [4.69, 9.17) is 0 Å². The molecule has 0 radical (unpaired) electrons. The monoisotopic (exact) mass is 265 g/mol. The highest BCUT2D eigenvalue weighted by Gasteiger charge is 2.51. The van der Waals surface area contributed by atoms with Gasteiger partial charge in [0.2, 0.25) is 0 Å². The van der Waals surface area contributed by atoms with Crippen LogP contribution in [0.4, 0.5) is 0 Å². The first-order valence-electron chi connectivity index (χ1n) is 6.47. The van der Waals surface area contributed by atoms with Gasteiger partial charge in [-0.2, -0.15) is 8.75 Å². The summed E-state index contributed by atoms with van der Waals surface area (Å²) in [5.74, 6) is 0.0650. The molecular weight excluding hydrogens is 246 g/mol. The van der Waals surface area contributed by atoms with Crippen LogP contribution in [0.15, 0.2) is 6.20 Å². The number of fused-ring (bicyclic) bond motifs is 2. The second kappa shape index (κ2) is 3.76. The maximum absolute atomic E-state index is 12.4. The zero-order valence-corrected chi connectivity index (χ0v) is 12.0. The fraction of sp³-hybridized carbons (Fsp3) is 0.769. The summed E-state index contributed by atoms with van der Waals surface area (Å²) in [5, 5.41) is 0. The Hall–Kier alpha value is -0.970. The third-order valence-electron chi connectivity index (χ3n) is 4.26. The number of aromatic nitrogens is 2. The maximum atomic E-state index is 12.4. The molecule has 0 aromatic carbocycles. The highest BCUT2D eigenvalue weighted by atomic mass is 32.1. The predicted molar refractivity (Wildman–Crippen MR) is 70.5 cm³/mol. The first-order chi connectivity index (χ1) is 8.39. The molecule has 18 heavy (non-hydrogen) atoms. The first kappa shape index (κ1) is 12.1. The van der Waals surface area contributed by atoms with E-state index < -0.39 is 0 Å². The Bertz CT molecular complexity index is 471. The van der Waals surface area contributed by atoms with Crippen LogP contribution in [0.5, 0.6) is 0 Å². The fourth-order valence-corrected chi connectivity index (χ4v) is 4.51. The molecular formula is C13H19N3OS. The number of hydrogen-bond donors (Lipinski definition) is 0. The molecule has 1 saturated heterocycles. The zero-order valence-electron chi connectivity index (χ0n) is 11.1. The van der Waals surface area contributed by atoms with Crippen LogP contribution in [-0.2, 0) is 0 Å². The second-order valence-electron chi connectivity index (χ2n) is 6.94. The van der Waals surface area contributed by atoms with E-state index in [9.17, 15) is 4.79 Å². The Morgan fingerprint density at radius 3 is 2.89 bits per heavy atom. The zero-order chi connectivity index (χ0) is 13.0. The number of likely N-dealkylation sites (tertiary alicyclic amines) is 1. The van der Waals surface area contributed by atoms with Crippen LogP contribution < -0.4 is 0 Å². The van der Waals surface area contributed by atoms with Gasteiger partial charge in [0.1, 0.15) is 0 Å². The van der Waals surface area contributed by atoms with Gasteiger partial charge in [-0.25, -0.2) is 0 Å². The lowest BCUT2D eigenvalue weighted by Crippen LogP contribution is -2.37. The number of hydrogen-bond acceptors (Lipinski definition) is 4. The van der Waals surface area contributed by atoms with E-state index in [-0.39, 0.29) is 11.3 Å². The van der Waals surface area contributed by atoms with Crippen molar-refractivity contribution in [3.05, 3.63) is 11.9 Å². The number of carbonyl (C=O) groups excluding carboxylic acids is 1. The fourth-order valence-electron chi connectivity index (χ4n) is 4.10. The quantitative estimate of drug-likeness (QED) is 0.784. The van der Waals surface area contributed by atoms with Crippen molar-refractivity contribution in [3.8, 4) is 0 Å². The van der Waals surface area contributed by atoms with Gasteiger partial charge >= 0.3 is 0 Å². The van der Waals surface area contributed by atoms with E-state index in [0.29, 0.717) is 17.2 Å². The Morgan fingerprint density at radius 1 is 1.44 bits per heavy atom. The van der Waals surface area contributed by atoms with Crippen molar-refractivity contribution in [1.29, 1.82) is 0 Å². The van der Waals surface area contributed by atoms with E-state index in [0.717, 1.165) is 31.1 Å². The molecule has 2 fully saturated rings. The molecule has 1 aliphatic carbocycles. The number of rotatable bonds is 1. The van der Waals surface area contributed by atoms with Crippen molar-refractivity contribution in [2.75, 3.05) is 6.54 Å². The molecule has 1 aliphatic heterocycles. The average Bonchev–Trinajstić information content (AvgIpc) is 2.82. The molecule has 3 rings (SSSR count). The van der Waals surface area contributed by atoms with Crippen LogP contribution in [0.2, 0.25) is 0 Å². The summed E-state index contributed by atoms with van der Waals surface area (Å²) in [6.07, 6.45) is 5.03. The smallest absolute Gasteiger partial charge is 0.275 e. The summed E-state index contributed by atoms with van der Waals surface area (Å²) in [6, 6.07) is 0.382. The number of carbonyl (C=O) groups is 1. The van der Waals surface area contributed by atoms with Gasteiger partial charge in [-0.1, -0.05) is 20.8 Å². The molecule has 1 aromatic heterocycles. The van der Waals surface area contributed by atoms with Crippen LogP contribution in [0.25, 0.3) is 0 Å². The van der Waals surface area contributed by atoms with Gasteiger partial charge in [0.25, 0.3) is 5.91 Å². The van der Waals surface area contributed by atoms with Crippen molar-refractivity contribution >= 4 is 17.6 Å². The minimum Gasteiger partial charge on any atom is -0.334 e. The molecule has 98 valence electrons. The van der Waals surface area contributed by atoms with Gasteiger partial charge in [-0.05, 0) is 30.1 Å². The number of amides is 1. The molecule has 0 N–H and O–H groups in total. The van der Waals surface area contributed by atoms with Crippen LogP contribution in [-0.4, -0.2) is 32.1 Å². The van der Waals surface area contributed by atoms with Gasteiger partial charge < -0.3 is 4.90 Å². The molecule has 4 nitrogen and oxygen atoms in total. The summed E-state index contributed by atoms with van der Waals surface area (Å²) in [4.78, 5) is 14.5. The first-order valence-corrected chi connectivity index (χ1v) is 7.20. The minimum absolute atomic E-state index is 0.0650. The van der Waals surface area contributed by atoms with Crippen LogP contribution in [0, 0.1) is 10.8 Å². The van der Waals surface area contributed by atoms with Crippen molar-refractivity contribution < 1.29 is 4.79 Å². The van der Waals surface area contributed by atoms with E-state index in [2.05, 4.69) is 29.5 Å². The highest BCUT2D eigenvalue weighted by molar-refractivity contribution is 6.99. The summed E-state index contributed by atoms with van der Waals surface area (Å²) in [5.41, 5.74) is 1.13. The second-order valence-corrected chi connectivity index (χ2v) is 7.50. The van der Waals surface area contributed by atoms with E-state index in [1.165, 1.54) is 6.42 Å². The SMILES string of the molecule is CC1(C)CC2CC(C)(CN2C(=O)c2cnsn2)C1. The van der Waals surface area contributed by atoms with Crippen LogP contribution in [0.3, 0.4) is 0 Å². The Kier molecular flexibility index (Phi) is 2.52.